The second-order valence-electron chi connectivity index (χ2n) is 5.93. The molecule has 0 heterocycles. The summed E-state index contributed by atoms with van der Waals surface area (Å²) in [6, 6.07) is 7.34. The third-order valence-corrected chi connectivity index (χ3v) is 5.28. The Hall–Kier alpha value is -2.39. The Balaban J connectivity index is 2.02. The number of nitrogens with one attached hydrogen (secondary N) is 1. The summed E-state index contributed by atoms with van der Waals surface area (Å²) in [7, 11) is -2.18. The number of sulfonamides is 1. The molecule has 0 spiro atoms. The lowest BCUT2D eigenvalue weighted by atomic mass is 10.2. The fourth-order valence-electron chi connectivity index (χ4n) is 2.48. The third kappa shape index (κ3) is 5.80. The summed E-state index contributed by atoms with van der Waals surface area (Å²) in [6.45, 7) is 0.0147. The van der Waals surface area contributed by atoms with Gasteiger partial charge in [-0.1, -0.05) is 11.6 Å². The van der Waals surface area contributed by atoms with Gasteiger partial charge in [0.05, 0.1) is 29.8 Å². The highest BCUT2D eigenvalue weighted by molar-refractivity contribution is 7.92. The van der Waals surface area contributed by atoms with Crippen molar-refractivity contribution in [1.82, 2.24) is 0 Å². The number of hydrogen-bond acceptors (Lipinski definition) is 4. The first kappa shape index (κ1) is 21.9. The fraction of sp³-hybridized carbons (Fsp3) is 0.278. The van der Waals surface area contributed by atoms with Crippen molar-refractivity contribution in [1.29, 1.82) is 0 Å². The van der Waals surface area contributed by atoms with Crippen LogP contribution >= 0.6 is 11.6 Å². The number of carbonyl (C=O) groups excluding carboxylic acids is 1. The minimum atomic E-state index is -3.62. The zero-order valence-electron chi connectivity index (χ0n) is 15.2. The van der Waals surface area contributed by atoms with Gasteiger partial charge in [0.15, 0.2) is 0 Å². The summed E-state index contributed by atoms with van der Waals surface area (Å²) in [5.74, 6) is -1.76. The van der Waals surface area contributed by atoms with Gasteiger partial charge in [-0.3, -0.25) is 9.10 Å². The van der Waals surface area contributed by atoms with E-state index in [1.807, 2.05) is 0 Å². The van der Waals surface area contributed by atoms with Gasteiger partial charge in [0, 0.05) is 19.0 Å². The lowest BCUT2D eigenvalue weighted by Gasteiger charge is -2.23. The van der Waals surface area contributed by atoms with Crippen LogP contribution in [0.2, 0.25) is 5.02 Å². The monoisotopic (exact) mass is 432 g/mol. The van der Waals surface area contributed by atoms with E-state index in [2.05, 4.69) is 5.32 Å². The molecule has 10 heteroatoms. The molecular weight excluding hydrogens is 414 g/mol. The van der Waals surface area contributed by atoms with Crippen molar-refractivity contribution in [2.45, 2.75) is 12.8 Å². The van der Waals surface area contributed by atoms with Crippen molar-refractivity contribution in [3.05, 3.63) is 53.1 Å². The van der Waals surface area contributed by atoms with E-state index in [4.69, 9.17) is 16.3 Å². The van der Waals surface area contributed by atoms with E-state index >= 15 is 0 Å². The van der Waals surface area contributed by atoms with Crippen LogP contribution in [0.4, 0.5) is 20.2 Å². The van der Waals surface area contributed by atoms with Gasteiger partial charge in [-0.05, 0) is 36.8 Å². The number of anilines is 2. The SMILES string of the molecule is COc1ccc(N(CCCC(=O)Nc2ccc(F)cc2F)S(C)(=O)=O)cc1Cl. The molecule has 0 aliphatic heterocycles. The highest BCUT2D eigenvalue weighted by Gasteiger charge is 2.19. The van der Waals surface area contributed by atoms with Crippen molar-refractivity contribution in [3.8, 4) is 5.75 Å². The zero-order valence-corrected chi connectivity index (χ0v) is 16.8. The Morgan fingerprint density at radius 2 is 1.93 bits per heavy atom. The number of amides is 1. The maximum atomic E-state index is 13.6. The maximum absolute atomic E-state index is 13.6. The molecule has 0 unspecified atom stereocenters. The Labute approximate surface area is 167 Å². The molecule has 0 atom stereocenters. The van der Waals surface area contributed by atoms with E-state index in [0.717, 1.165) is 22.7 Å². The smallest absolute Gasteiger partial charge is 0.232 e. The van der Waals surface area contributed by atoms with Crippen LogP contribution in [0.1, 0.15) is 12.8 Å². The highest BCUT2D eigenvalue weighted by Crippen LogP contribution is 2.30. The summed E-state index contributed by atoms with van der Waals surface area (Å²) in [4.78, 5) is 12.0. The summed E-state index contributed by atoms with van der Waals surface area (Å²) in [5.41, 5.74) is 0.187. The zero-order chi connectivity index (χ0) is 20.9. The number of hydrogen-bond donors (Lipinski definition) is 1. The van der Waals surface area contributed by atoms with Crippen molar-refractivity contribution in [2.75, 3.05) is 29.5 Å². The quantitative estimate of drug-likeness (QED) is 0.688. The number of rotatable bonds is 8. The van der Waals surface area contributed by atoms with Crippen LogP contribution in [0.25, 0.3) is 0 Å². The van der Waals surface area contributed by atoms with Gasteiger partial charge in [-0.2, -0.15) is 0 Å². The molecule has 2 rings (SSSR count). The number of methoxy groups -OCH3 is 1. The summed E-state index contributed by atoms with van der Waals surface area (Å²) in [6.07, 6.45) is 1.15. The van der Waals surface area contributed by atoms with Crippen LogP contribution in [0, 0.1) is 11.6 Å². The molecular formula is C18H19ClF2N2O4S. The Morgan fingerprint density at radius 3 is 2.50 bits per heavy atom. The van der Waals surface area contributed by atoms with Gasteiger partial charge in [0.25, 0.3) is 0 Å². The van der Waals surface area contributed by atoms with E-state index < -0.39 is 27.6 Å². The van der Waals surface area contributed by atoms with Crippen LogP contribution in [0.5, 0.6) is 5.75 Å². The molecule has 0 aliphatic rings. The Morgan fingerprint density at radius 1 is 1.21 bits per heavy atom. The first-order valence-corrected chi connectivity index (χ1v) is 10.4. The average Bonchev–Trinajstić information content (AvgIpc) is 2.60. The predicted octanol–water partition coefficient (Wildman–Crippen LogP) is 3.81. The molecule has 0 saturated heterocycles. The van der Waals surface area contributed by atoms with Crippen molar-refractivity contribution in [3.63, 3.8) is 0 Å². The summed E-state index contributed by atoms with van der Waals surface area (Å²) in [5, 5.41) is 2.58. The number of benzene rings is 2. The molecule has 0 saturated carbocycles. The molecule has 152 valence electrons. The third-order valence-electron chi connectivity index (χ3n) is 3.79. The number of nitrogens with zero attached hydrogens (tertiary/aromatic N) is 1. The van der Waals surface area contributed by atoms with Crippen LogP contribution in [-0.2, 0) is 14.8 Å². The first-order chi connectivity index (χ1) is 13.1. The molecule has 0 bridgehead atoms. The topological polar surface area (TPSA) is 75.7 Å². The van der Waals surface area contributed by atoms with Gasteiger partial charge in [-0.15, -0.1) is 0 Å². The number of carbonyl (C=O) groups is 1. The van der Waals surface area contributed by atoms with Crippen LogP contribution in [-0.4, -0.2) is 34.2 Å². The average molecular weight is 433 g/mol. The van der Waals surface area contributed by atoms with E-state index in [1.165, 1.54) is 13.2 Å². The molecule has 2 aromatic rings. The summed E-state index contributed by atoms with van der Waals surface area (Å²) >= 11 is 6.05. The first-order valence-electron chi connectivity index (χ1n) is 8.18. The van der Waals surface area contributed by atoms with Crippen LogP contribution in [0.3, 0.4) is 0 Å². The number of ether oxygens (including phenoxy) is 1. The molecule has 1 amide bonds. The highest BCUT2D eigenvalue weighted by atomic mass is 35.5. The van der Waals surface area contributed by atoms with Crippen LogP contribution in [0.15, 0.2) is 36.4 Å². The van der Waals surface area contributed by atoms with Gasteiger partial charge in [0.2, 0.25) is 15.9 Å². The molecule has 28 heavy (non-hydrogen) atoms. The maximum Gasteiger partial charge on any atom is 0.232 e. The van der Waals surface area contributed by atoms with E-state index in [-0.39, 0.29) is 30.1 Å². The van der Waals surface area contributed by atoms with Crippen molar-refractivity contribution in [2.24, 2.45) is 0 Å². The standard InChI is InChI=1S/C18H19ClF2N2O4S/c1-27-17-8-6-13(11-14(17)19)23(28(2,25)26)9-3-4-18(24)22-16-7-5-12(20)10-15(16)21/h5-8,10-11H,3-4,9H2,1-2H3,(H,22,24). The Bertz CT molecular complexity index is 970. The normalized spacial score (nSPS) is 11.2. The lowest BCUT2D eigenvalue weighted by molar-refractivity contribution is -0.116. The largest absolute Gasteiger partial charge is 0.495 e. The fourth-order valence-corrected chi connectivity index (χ4v) is 3.69. The van der Waals surface area contributed by atoms with E-state index in [9.17, 15) is 22.0 Å². The van der Waals surface area contributed by atoms with Gasteiger partial charge in [0.1, 0.15) is 17.4 Å². The second kappa shape index (κ2) is 9.20. The van der Waals surface area contributed by atoms with Crippen molar-refractivity contribution < 1.29 is 26.7 Å². The Kier molecular flexibility index (Phi) is 7.20. The molecule has 6 nitrogen and oxygen atoms in total. The second-order valence-corrected chi connectivity index (χ2v) is 8.24. The summed E-state index contributed by atoms with van der Waals surface area (Å²) < 4.78 is 56.8. The van der Waals surface area contributed by atoms with Gasteiger partial charge in [-0.25, -0.2) is 17.2 Å². The molecule has 1 N–H and O–H groups in total. The van der Waals surface area contributed by atoms with Gasteiger partial charge >= 0.3 is 0 Å². The lowest BCUT2D eigenvalue weighted by Crippen LogP contribution is -2.31. The van der Waals surface area contributed by atoms with Crippen molar-refractivity contribution >= 4 is 38.9 Å². The van der Waals surface area contributed by atoms with Crippen LogP contribution < -0.4 is 14.4 Å². The predicted molar refractivity (Wildman–Crippen MR) is 104 cm³/mol. The van der Waals surface area contributed by atoms with E-state index in [1.54, 1.807) is 12.1 Å². The molecule has 0 aliphatic carbocycles. The molecule has 0 aromatic heterocycles. The van der Waals surface area contributed by atoms with E-state index in [0.29, 0.717) is 17.5 Å². The molecule has 2 aromatic carbocycles. The minimum Gasteiger partial charge on any atom is -0.495 e. The molecule has 0 fully saturated rings. The number of halogens is 3. The molecule has 0 radical (unpaired) electrons. The minimum absolute atomic E-state index is 0.0147. The van der Waals surface area contributed by atoms with Gasteiger partial charge < -0.3 is 10.1 Å².